The molecule has 86 valence electrons. The minimum atomic E-state index is -0.0356. The van der Waals surface area contributed by atoms with Gasteiger partial charge in [0, 0.05) is 0 Å². The number of ether oxygens (including phenoxy) is 1. The molecule has 0 aliphatic carbocycles. The Kier molecular flexibility index (Phi) is 2.97. The van der Waals surface area contributed by atoms with Crippen molar-refractivity contribution in [3.05, 3.63) is 35.9 Å². The Labute approximate surface area is 99.0 Å². The van der Waals surface area contributed by atoms with Crippen molar-refractivity contribution >= 4 is 5.82 Å². The van der Waals surface area contributed by atoms with E-state index in [-0.39, 0.29) is 6.61 Å². The first-order chi connectivity index (χ1) is 8.24. The van der Waals surface area contributed by atoms with Gasteiger partial charge in [0.2, 0.25) is 5.88 Å². The highest BCUT2D eigenvalue weighted by Gasteiger charge is 2.13. The number of nitrogen functional groups attached to an aromatic ring is 1. The lowest BCUT2D eigenvalue weighted by molar-refractivity contribution is 0.348. The van der Waals surface area contributed by atoms with Crippen LogP contribution in [0.3, 0.4) is 0 Å². The molecule has 17 heavy (non-hydrogen) atoms. The standard InChI is InChI=1S/C12H12N4O/c1-9-11(14)16(10-5-3-2-4-6-10)15-12(9)17-8-7-13/h2-6H,8,14H2,1H3. The number of nitrogens with zero attached hydrogens (tertiary/aromatic N) is 3. The quantitative estimate of drug-likeness (QED) is 0.866. The maximum absolute atomic E-state index is 8.47. The molecule has 0 aliphatic rings. The second-order valence-corrected chi connectivity index (χ2v) is 3.51. The fourth-order valence-corrected chi connectivity index (χ4v) is 1.49. The molecule has 1 aromatic carbocycles. The second-order valence-electron chi connectivity index (χ2n) is 3.51. The summed E-state index contributed by atoms with van der Waals surface area (Å²) in [5.41, 5.74) is 7.55. The van der Waals surface area contributed by atoms with E-state index < -0.39 is 0 Å². The van der Waals surface area contributed by atoms with Crippen LogP contribution >= 0.6 is 0 Å². The molecule has 0 unspecified atom stereocenters. The molecule has 0 aliphatic heterocycles. The van der Waals surface area contributed by atoms with Crippen molar-refractivity contribution in [2.75, 3.05) is 12.3 Å². The molecule has 0 saturated carbocycles. The zero-order chi connectivity index (χ0) is 12.3. The van der Waals surface area contributed by atoms with Crippen LogP contribution in [0.25, 0.3) is 5.69 Å². The van der Waals surface area contributed by atoms with Crippen molar-refractivity contribution in [3.63, 3.8) is 0 Å². The van der Waals surface area contributed by atoms with Crippen LogP contribution in [-0.4, -0.2) is 16.4 Å². The van der Waals surface area contributed by atoms with Crippen LogP contribution in [0.2, 0.25) is 0 Å². The second kappa shape index (κ2) is 4.58. The highest BCUT2D eigenvalue weighted by atomic mass is 16.5. The van der Waals surface area contributed by atoms with Crippen molar-refractivity contribution in [2.24, 2.45) is 0 Å². The largest absolute Gasteiger partial charge is 0.461 e. The van der Waals surface area contributed by atoms with E-state index in [1.54, 1.807) is 4.68 Å². The van der Waals surface area contributed by atoms with Crippen molar-refractivity contribution in [1.29, 1.82) is 5.26 Å². The van der Waals surface area contributed by atoms with Gasteiger partial charge in [-0.25, -0.2) is 4.68 Å². The molecule has 0 fully saturated rings. The van der Waals surface area contributed by atoms with E-state index in [1.807, 2.05) is 43.3 Å². The number of para-hydroxylation sites is 1. The maximum atomic E-state index is 8.47. The van der Waals surface area contributed by atoms with Gasteiger partial charge in [-0.15, -0.1) is 5.10 Å². The van der Waals surface area contributed by atoms with Crippen LogP contribution in [0.1, 0.15) is 5.56 Å². The molecule has 0 atom stereocenters. The van der Waals surface area contributed by atoms with Gasteiger partial charge in [-0.1, -0.05) is 18.2 Å². The minimum absolute atomic E-state index is 0.0356. The predicted octanol–water partition coefficient (Wildman–Crippen LogP) is 1.67. The van der Waals surface area contributed by atoms with E-state index in [0.717, 1.165) is 11.3 Å². The van der Waals surface area contributed by atoms with Gasteiger partial charge in [-0.05, 0) is 19.1 Å². The maximum Gasteiger partial charge on any atom is 0.239 e. The summed E-state index contributed by atoms with van der Waals surface area (Å²) in [5, 5.41) is 12.7. The van der Waals surface area contributed by atoms with Crippen LogP contribution in [-0.2, 0) is 0 Å². The van der Waals surface area contributed by atoms with E-state index in [4.69, 9.17) is 15.7 Å². The summed E-state index contributed by atoms with van der Waals surface area (Å²) in [6, 6.07) is 11.4. The SMILES string of the molecule is Cc1c(OCC#N)nn(-c2ccccc2)c1N. The minimum Gasteiger partial charge on any atom is -0.461 e. The van der Waals surface area contributed by atoms with Gasteiger partial charge in [0.05, 0.1) is 11.3 Å². The van der Waals surface area contributed by atoms with E-state index in [1.165, 1.54) is 0 Å². The third-order valence-electron chi connectivity index (χ3n) is 2.40. The average Bonchev–Trinajstić information content (AvgIpc) is 2.65. The fourth-order valence-electron chi connectivity index (χ4n) is 1.49. The molecule has 1 heterocycles. The smallest absolute Gasteiger partial charge is 0.239 e. The van der Waals surface area contributed by atoms with E-state index in [0.29, 0.717) is 11.7 Å². The zero-order valence-electron chi connectivity index (χ0n) is 9.42. The first-order valence-electron chi connectivity index (χ1n) is 5.14. The molecule has 0 radical (unpaired) electrons. The number of nitriles is 1. The topological polar surface area (TPSA) is 76.9 Å². The molecule has 2 aromatic rings. The molecule has 0 amide bonds. The molecule has 1 aromatic heterocycles. The molecule has 0 saturated heterocycles. The number of nitrogens with two attached hydrogens (primary N) is 1. The highest BCUT2D eigenvalue weighted by Crippen LogP contribution is 2.25. The van der Waals surface area contributed by atoms with Crippen LogP contribution < -0.4 is 10.5 Å². The third-order valence-corrected chi connectivity index (χ3v) is 2.40. The molecule has 5 heteroatoms. The number of anilines is 1. The Bertz CT molecular complexity index is 554. The van der Waals surface area contributed by atoms with Gasteiger partial charge in [0.25, 0.3) is 0 Å². The Morgan fingerprint density at radius 3 is 2.76 bits per heavy atom. The molecule has 0 bridgehead atoms. The highest BCUT2D eigenvalue weighted by molar-refractivity contribution is 5.51. The van der Waals surface area contributed by atoms with Crippen LogP contribution in [0.4, 0.5) is 5.82 Å². The number of rotatable bonds is 3. The Hall–Kier alpha value is -2.48. The van der Waals surface area contributed by atoms with Crippen molar-refractivity contribution in [3.8, 4) is 17.6 Å². The number of hydrogen-bond acceptors (Lipinski definition) is 4. The van der Waals surface area contributed by atoms with E-state index in [2.05, 4.69) is 5.10 Å². The molecular formula is C12H12N4O. The Morgan fingerprint density at radius 2 is 2.12 bits per heavy atom. The van der Waals surface area contributed by atoms with Crippen molar-refractivity contribution < 1.29 is 4.74 Å². The molecule has 0 spiro atoms. The summed E-state index contributed by atoms with van der Waals surface area (Å²) >= 11 is 0. The molecular weight excluding hydrogens is 216 g/mol. The van der Waals surface area contributed by atoms with Crippen LogP contribution in [0.5, 0.6) is 5.88 Å². The Morgan fingerprint density at radius 1 is 1.41 bits per heavy atom. The lowest BCUT2D eigenvalue weighted by Gasteiger charge is -2.02. The van der Waals surface area contributed by atoms with Crippen LogP contribution in [0.15, 0.2) is 30.3 Å². The molecule has 2 rings (SSSR count). The van der Waals surface area contributed by atoms with Crippen LogP contribution in [0, 0.1) is 18.3 Å². The van der Waals surface area contributed by atoms with Crippen molar-refractivity contribution in [2.45, 2.75) is 6.92 Å². The number of aromatic nitrogens is 2. The average molecular weight is 228 g/mol. The summed E-state index contributed by atoms with van der Waals surface area (Å²) in [5.74, 6) is 0.914. The number of benzene rings is 1. The molecule has 2 N–H and O–H groups in total. The van der Waals surface area contributed by atoms with Gasteiger partial charge in [-0.3, -0.25) is 0 Å². The monoisotopic (exact) mass is 228 g/mol. The zero-order valence-corrected chi connectivity index (χ0v) is 9.42. The normalized spacial score (nSPS) is 9.88. The first kappa shape index (κ1) is 11.0. The Balaban J connectivity index is 2.40. The lowest BCUT2D eigenvalue weighted by Crippen LogP contribution is -2.02. The van der Waals surface area contributed by atoms with Crippen molar-refractivity contribution in [1.82, 2.24) is 9.78 Å². The molecule has 5 nitrogen and oxygen atoms in total. The third kappa shape index (κ3) is 2.06. The summed E-state index contributed by atoms with van der Waals surface area (Å²) < 4.78 is 6.80. The van der Waals surface area contributed by atoms with Gasteiger partial charge in [-0.2, -0.15) is 5.26 Å². The lowest BCUT2D eigenvalue weighted by atomic mass is 10.3. The summed E-state index contributed by atoms with van der Waals surface area (Å²) in [4.78, 5) is 0. The van der Waals surface area contributed by atoms with E-state index in [9.17, 15) is 0 Å². The first-order valence-corrected chi connectivity index (χ1v) is 5.14. The number of hydrogen-bond donors (Lipinski definition) is 1. The summed E-state index contributed by atoms with van der Waals surface area (Å²) in [6.45, 7) is 1.78. The van der Waals surface area contributed by atoms with E-state index >= 15 is 0 Å². The van der Waals surface area contributed by atoms with Gasteiger partial charge >= 0.3 is 0 Å². The fraction of sp³-hybridized carbons (Fsp3) is 0.167. The summed E-state index contributed by atoms with van der Waals surface area (Å²) in [6.07, 6.45) is 0. The van der Waals surface area contributed by atoms with Gasteiger partial charge in [0.1, 0.15) is 11.9 Å². The predicted molar refractivity (Wildman–Crippen MR) is 63.8 cm³/mol. The summed E-state index contributed by atoms with van der Waals surface area (Å²) in [7, 11) is 0. The van der Waals surface area contributed by atoms with Gasteiger partial charge < -0.3 is 10.5 Å². The van der Waals surface area contributed by atoms with Gasteiger partial charge in [0.15, 0.2) is 6.61 Å².